The van der Waals surface area contributed by atoms with Crippen molar-refractivity contribution in [3.05, 3.63) is 59.2 Å². The molecule has 0 bridgehead atoms. The number of hydrogen-bond acceptors (Lipinski definition) is 4. The molecule has 3 rings (SSSR count). The van der Waals surface area contributed by atoms with Crippen LogP contribution in [0.3, 0.4) is 0 Å². The highest BCUT2D eigenvalue weighted by atomic mass is 16.5. The van der Waals surface area contributed by atoms with Crippen LogP contribution < -0.4 is 14.8 Å². The summed E-state index contributed by atoms with van der Waals surface area (Å²) in [6, 6.07) is 13.1. The molecule has 6 heteroatoms. The lowest BCUT2D eigenvalue weighted by Gasteiger charge is -2.32. The number of rotatable bonds is 10. The van der Waals surface area contributed by atoms with Crippen molar-refractivity contribution in [2.75, 3.05) is 13.7 Å². The summed E-state index contributed by atoms with van der Waals surface area (Å²) in [6.45, 7) is 6.12. The molecular weight excluding hydrogens is 428 g/mol. The standard InChI is InChI=1S/C28H38N2O4/c1-5-25(28(32)29-23-11-7-6-8-12-23)30(18-22-10-9-13-24(17-22)33-4)27(31)19-34-26-15-14-20(2)16-21(26)3/h9-10,13-17,23,25H,5-8,11-12,18-19H2,1-4H3,(H,29,32). The molecule has 0 spiro atoms. The predicted molar refractivity (Wildman–Crippen MR) is 134 cm³/mol. The topological polar surface area (TPSA) is 67.9 Å². The number of carbonyl (C=O) groups is 2. The number of carbonyl (C=O) groups excluding carboxylic acids is 2. The zero-order valence-corrected chi connectivity index (χ0v) is 20.9. The molecule has 0 aliphatic heterocycles. The van der Waals surface area contributed by atoms with E-state index in [1.807, 2.05) is 63.2 Å². The second-order valence-corrected chi connectivity index (χ2v) is 9.20. The van der Waals surface area contributed by atoms with Crippen LogP contribution in [0.2, 0.25) is 0 Å². The minimum atomic E-state index is -0.566. The van der Waals surface area contributed by atoms with Crippen molar-refractivity contribution in [2.45, 2.75) is 77.9 Å². The molecule has 184 valence electrons. The van der Waals surface area contributed by atoms with Gasteiger partial charge in [-0.05, 0) is 62.4 Å². The van der Waals surface area contributed by atoms with Crippen LogP contribution in [0.1, 0.15) is 62.1 Å². The van der Waals surface area contributed by atoms with Gasteiger partial charge in [-0.1, -0.05) is 56.0 Å². The second-order valence-electron chi connectivity index (χ2n) is 9.20. The van der Waals surface area contributed by atoms with Gasteiger partial charge in [-0.25, -0.2) is 0 Å². The van der Waals surface area contributed by atoms with Crippen LogP contribution in [0, 0.1) is 13.8 Å². The number of ether oxygens (including phenoxy) is 2. The smallest absolute Gasteiger partial charge is 0.261 e. The maximum atomic E-state index is 13.4. The number of hydrogen-bond donors (Lipinski definition) is 1. The van der Waals surface area contributed by atoms with Crippen molar-refractivity contribution < 1.29 is 19.1 Å². The van der Waals surface area contributed by atoms with E-state index in [-0.39, 0.29) is 24.5 Å². The van der Waals surface area contributed by atoms with Crippen molar-refractivity contribution in [2.24, 2.45) is 0 Å². The van der Waals surface area contributed by atoms with Gasteiger partial charge in [0.15, 0.2) is 6.61 Å². The normalized spacial score (nSPS) is 14.8. The van der Waals surface area contributed by atoms with Gasteiger partial charge in [0.1, 0.15) is 17.5 Å². The largest absolute Gasteiger partial charge is 0.497 e. The van der Waals surface area contributed by atoms with E-state index in [1.165, 1.54) is 6.42 Å². The predicted octanol–water partition coefficient (Wildman–Crippen LogP) is 4.95. The van der Waals surface area contributed by atoms with Crippen LogP contribution in [0.5, 0.6) is 11.5 Å². The van der Waals surface area contributed by atoms with Crippen molar-refractivity contribution >= 4 is 11.8 Å². The first-order chi connectivity index (χ1) is 16.4. The molecule has 0 saturated heterocycles. The quantitative estimate of drug-likeness (QED) is 0.538. The number of nitrogens with zero attached hydrogens (tertiary/aromatic N) is 1. The average Bonchev–Trinajstić information content (AvgIpc) is 2.84. The summed E-state index contributed by atoms with van der Waals surface area (Å²) in [5.41, 5.74) is 3.03. The summed E-state index contributed by atoms with van der Waals surface area (Å²) >= 11 is 0. The Morgan fingerprint density at radius 3 is 2.53 bits per heavy atom. The Morgan fingerprint density at radius 1 is 1.09 bits per heavy atom. The molecule has 6 nitrogen and oxygen atoms in total. The summed E-state index contributed by atoms with van der Waals surface area (Å²) in [5, 5.41) is 3.20. The Balaban J connectivity index is 1.78. The van der Waals surface area contributed by atoms with Crippen LogP contribution >= 0.6 is 0 Å². The van der Waals surface area contributed by atoms with E-state index in [0.29, 0.717) is 18.7 Å². The Kier molecular flexibility index (Phi) is 9.37. The molecule has 2 aromatic rings. The first kappa shape index (κ1) is 25.6. The molecule has 1 unspecified atom stereocenters. The van der Waals surface area contributed by atoms with Gasteiger partial charge in [0, 0.05) is 12.6 Å². The zero-order chi connectivity index (χ0) is 24.5. The van der Waals surface area contributed by atoms with Crippen LogP contribution in [0.25, 0.3) is 0 Å². The monoisotopic (exact) mass is 466 g/mol. The van der Waals surface area contributed by atoms with Gasteiger partial charge in [-0.15, -0.1) is 0 Å². The van der Waals surface area contributed by atoms with Gasteiger partial charge in [0.2, 0.25) is 5.91 Å². The van der Waals surface area contributed by atoms with E-state index in [0.717, 1.165) is 48.1 Å². The number of benzene rings is 2. The van der Waals surface area contributed by atoms with E-state index < -0.39 is 6.04 Å². The van der Waals surface area contributed by atoms with Gasteiger partial charge >= 0.3 is 0 Å². The third kappa shape index (κ3) is 6.99. The summed E-state index contributed by atoms with van der Waals surface area (Å²) in [5.74, 6) is 1.10. The van der Waals surface area contributed by atoms with Crippen molar-refractivity contribution in [3.8, 4) is 11.5 Å². The van der Waals surface area contributed by atoms with Gasteiger partial charge < -0.3 is 19.7 Å². The molecule has 0 heterocycles. The molecule has 1 aliphatic carbocycles. The molecule has 0 aromatic heterocycles. The highest BCUT2D eigenvalue weighted by molar-refractivity contribution is 5.88. The van der Waals surface area contributed by atoms with E-state index >= 15 is 0 Å². The van der Waals surface area contributed by atoms with Crippen molar-refractivity contribution in [1.29, 1.82) is 0 Å². The highest BCUT2D eigenvalue weighted by Crippen LogP contribution is 2.22. The SMILES string of the molecule is CCC(C(=O)NC1CCCCC1)N(Cc1cccc(OC)c1)C(=O)COc1ccc(C)cc1C. The first-order valence-corrected chi connectivity index (χ1v) is 12.3. The van der Waals surface area contributed by atoms with Gasteiger partial charge in [-0.3, -0.25) is 9.59 Å². The van der Waals surface area contributed by atoms with E-state index in [4.69, 9.17) is 9.47 Å². The Bertz CT molecular complexity index is 969. The third-order valence-electron chi connectivity index (χ3n) is 6.51. The molecule has 2 aromatic carbocycles. The molecule has 1 atom stereocenters. The first-order valence-electron chi connectivity index (χ1n) is 12.3. The lowest BCUT2D eigenvalue weighted by Crippen LogP contribution is -2.52. The van der Waals surface area contributed by atoms with Crippen LogP contribution in [-0.4, -0.2) is 42.5 Å². The van der Waals surface area contributed by atoms with Gasteiger partial charge in [0.25, 0.3) is 5.91 Å². The molecule has 34 heavy (non-hydrogen) atoms. The Labute approximate surface area is 203 Å². The number of methoxy groups -OCH3 is 1. The summed E-state index contributed by atoms with van der Waals surface area (Å²) in [6.07, 6.45) is 6.02. The van der Waals surface area contributed by atoms with Crippen molar-refractivity contribution in [3.63, 3.8) is 0 Å². The zero-order valence-electron chi connectivity index (χ0n) is 20.9. The van der Waals surface area contributed by atoms with E-state index in [2.05, 4.69) is 5.32 Å². The third-order valence-corrected chi connectivity index (χ3v) is 6.51. The fourth-order valence-corrected chi connectivity index (χ4v) is 4.61. The second kappa shape index (κ2) is 12.4. The number of amides is 2. The van der Waals surface area contributed by atoms with E-state index in [9.17, 15) is 9.59 Å². The lowest BCUT2D eigenvalue weighted by atomic mass is 9.95. The summed E-state index contributed by atoms with van der Waals surface area (Å²) < 4.78 is 11.2. The summed E-state index contributed by atoms with van der Waals surface area (Å²) in [4.78, 5) is 28.4. The number of aryl methyl sites for hydroxylation is 2. The fourth-order valence-electron chi connectivity index (χ4n) is 4.61. The van der Waals surface area contributed by atoms with Crippen LogP contribution in [0.15, 0.2) is 42.5 Å². The molecule has 1 fully saturated rings. The minimum absolute atomic E-state index is 0.0860. The average molecular weight is 467 g/mol. The lowest BCUT2D eigenvalue weighted by molar-refractivity contribution is -0.143. The molecule has 2 amide bonds. The molecule has 0 radical (unpaired) electrons. The Hall–Kier alpha value is -3.02. The van der Waals surface area contributed by atoms with Gasteiger partial charge in [-0.2, -0.15) is 0 Å². The van der Waals surface area contributed by atoms with Crippen molar-refractivity contribution in [1.82, 2.24) is 10.2 Å². The molecule has 1 N–H and O–H groups in total. The minimum Gasteiger partial charge on any atom is -0.497 e. The van der Waals surface area contributed by atoms with Gasteiger partial charge in [0.05, 0.1) is 7.11 Å². The van der Waals surface area contributed by atoms with E-state index in [1.54, 1.807) is 12.0 Å². The molecular formula is C28H38N2O4. The number of nitrogens with one attached hydrogen (secondary N) is 1. The fraction of sp³-hybridized carbons (Fsp3) is 0.500. The summed E-state index contributed by atoms with van der Waals surface area (Å²) in [7, 11) is 1.62. The Morgan fingerprint density at radius 2 is 1.85 bits per heavy atom. The van der Waals surface area contributed by atoms with Crippen LogP contribution in [0.4, 0.5) is 0 Å². The maximum Gasteiger partial charge on any atom is 0.261 e. The molecule has 1 aliphatic rings. The highest BCUT2D eigenvalue weighted by Gasteiger charge is 2.30. The molecule has 1 saturated carbocycles. The van der Waals surface area contributed by atoms with Crippen LogP contribution in [-0.2, 0) is 16.1 Å². The maximum absolute atomic E-state index is 13.4.